The highest BCUT2D eigenvalue weighted by Crippen LogP contribution is 2.23. The molecule has 0 aromatic carbocycles. The minimum Gasteiger partial charge on any atom is -0.465 e. The van der Waals surface area contributed by atoms with Gasteiger partial charge in [-0.3, -0.25) is 9.59 Å². The molecule has 0 aliphatic carbocycles. The largest absolute Gasteiger partial charge is 0.465 e. The van der Waals surface area contributed by atoms with Crippen molar-refractivity contribution in [3.05, 3.63) is 47.8 Å². The number of carbonyl (C=O) groups excluding carboxylic acids is 2. The average molecular weight is 410 g/mol. The third-order valence-corrected chi connectivity index (χ3v) is 3.78. The second kappa shape index (κ2) is 9.85. The van der Waals surface area contributed by atoms with Crippen LogP contribution in [0.2, 0.25) is 0 Å². The van der Waals surface area contributed by atoms with E-state index in [4.69, 9.17) is 4.74 Å². The summed E-state index contributed by atoms with van der Waals surface area (Å²) in [5.74, 6) is -0.472. The molecule has 0 bridgehead atoms. The number of hydrogen-bond acceptors (Lipinski definition) is 5. The van der Waals surface area contributed by atoms with Gasteiger partial charge in [0.1, 0.15) is 5.82 Å². The summed E-state index contributed by atoms with van der Waals surface area (Å²) >= 11 is 0. The van der Waals surface area contributed by atoms with Crippen molar-refractivity contribution in [2.24, 2.45) is 0 Å². The van der Waals surface area contributed by atoms with E-state index in [1.165, 1.54) is 36.7 Å². The number of carbonyl (C=O) groups is 2. The second-order valence-electron chi connectivity index (χ2n) is 6.22. The Morgan fingerprint density at radius 1 is 1.21 bits per heavy atom. The Balaban J connectivity index is 1.91. The van der Waals surface area contributed by atoms with Crippen LogP contribution in [0.1, 0.15) is 42.6 Å². The summed E-state index contributed by atoms with van der Waals surface area (Å²) in [5.41, 5.74) is 0.884. The molecule has 1 unspecified atom stereocenters. The fourth-order valence-electron chi connectivity index (χ4n) is 2.19. The first-order valence-corrected chi connectivity index (χ1v) is 8.91. The molecule has 156 valence electrons. The number of nitrogens with zero attached hydrogens (tertiary/aromatic N) is 2. The molecule has 2 amide bonds. The van der Waals surface area contributed by atoms with Gasteiger partial charge in [0.15, 0.2) is 6.10 Å². The van der Waals surface area contributed by atoms with Crippen molar-refractivity contribution in [3.8, 4) is 5.88 Å². The number of hydrogen-bond donors (Lipinski definition) is 2. The van der Waals surface area contributed by atoms with Crippen molar-refractivity contribution in [1.29, 1.82) is 0 Å². The number of pyridine rings is 2. The molecule has 0 spiro atoms. The van der Waals surface area contributed by atoms with Crippen molar-refractivity contribution < 1.29 is 27.5 Å². The van der Waals surface area contributed by atoms with E-state index in [-0.39, 0.29) is 24.1 Å². The van der Waals surface area contributed by atoms with Crippen LogP contribution in [0.4, 0.5) is 19.0 Å². The van der Waals surface area contributed by atoms with Crippen molar-refractivity contribution in [2.45, 2.75) is 45.5 Å². The molecule has 2 aromatic heterocycles. The standard InChI is InChI=1S/C19H21F3N4O3/c1-3-4-16(27)26-15-9-14(7-8-23-15)18(28)25-11-13-5-6-17(24-10-13)29-12(2)19(20,21)22/h5-10,12H,3-4,11H2,1-2H3,(H,25,28)(H,23,26,27). The van der Waals surface area contributed by atoms with Gasteiger partial charge in [0, 0.05) is 37.0 Å². The SMILES string of the molecule is CCCC(=O)Nc1cc(C(=O)NCc2ccc(OC(C)C(F)(F)F)nc2)ccn1. The van der Waals surface area contributed by atoms with Gasteiger partial charge in [-0.15, -0.1) is 0 Å². The summed E-state index contributed by atoms with van der Waals surface area (Å²) in [5, 5.41) is 5.28. The Morgan fingerprint density at radius 3 is 2.59 bits per heavy atom. The molecule has 10 heteroatoms. The molecule has 0 aliphatic rings. The van der Waals surface area contributed by atoms with Crippen LogP contribution in [-0.2, 0) is 11.3 Å². The number of nitrogens with one attached hydrogen (secondary N) is 2. The Hall–Kier alpha value is -3.17. The molecule has 29 heavy (non-hydrogen) atoms. The van der Waals surface area contributed by atoms with Crippen LogP contribution in [0.15, 0.2) is 36.7 Å². The Kier molecular flexibility index (Phi) is 7.52. The van der Waals surface area contributed by atoms with Gasteiger partial charge in [-0.2, -0.15) is 13.2 Å². The normalized spacial score (nSPS) is 12.2. The first-order chi connectivity index (χ1) is 13.7. The monoisotopic (exact) mass is 410 g/mol. The van der Waals surface area contributed by atoms with E-state index in [2.05, 4.69) is 20.6 Å². The van der Waals surface area contributed by atoms with Gasteiger partial charge in [0.05, 0.1) is 0 Å². The fourth-order valence-corrected chi connectivity index (χ4v) is 2.19. The summed E-state index contributed by atoms with van der Waals surface area (Å²) in [6.45, 7) is 2.88. The number of halogens is 3. The van der Waals surface area contributed by atoms with Crippen LogP contribution in [0.25, 0.3) is 0 Å². The van der Waals surface area contributed by atoms with E-state index < -0.39 is 18.2 Å². The first kappa shape index (κ1) is 22.1. The highest BCUT2D eigenvalue weighted by molar-refractivity contribution is 5.96. The summed E-state index contributed by atoms with van der Waals surface area (Å²) in [7, 11) is 0. The lowest BCUT2D eigenvalue weighted by Gasteiger charge is -2.16. The van der Waals surface area contributed by atoms with Gasteiger partial charge in [-0.1, -0.05) is 13.0 Å². The molecule has 1 atom stereocenters. The topological polar surface area (TPSA) is 93.2 Å². The number of anilines is 1. The maximum absolute atomic E-state index is 12.5. The predicted octanol–water partition coefficient (Wildman–Crippen LogP) is 3.47. The van der Waals surface area contributed by atoms with Gasteiger partial charge in [0.2, 0.25) is 11.8 Å². The molecule has 2 rings (SSSR count). The third-order valence-electron chi connectivity index (χ3n) is 3.78. The van der Waals surface area contributed by atoms with Crippen LogP contribution in [0, 0.1) is 0 Å². The van der Waals surface area contributed by atoms with E-state index >= 15 is 0 Å². The zero-order valence-electron chi connectivity index (χ0n) is 15.9. The van der Waals surface area contributed by atoms with Gasteiger partial charge in [-0.05, 0) is 31.0 Å². The van der Waals surface area contributed by atoms with Crippen molar-refractivity contribution in [2.75, 3.05) is 5.32 Å². The second-order valence-corrected chi connectivity index (χ2v) is 6.22. The lowest BCUT2D eigenvalue weighted by atomic mass is 10.2. The van der Waals surface area contributed by atoms with Crippen molar-refractivity contribution in [3.63, 3.8) is 0 Å². The molecular formula is C19H21F3N4O3. The molecule has 2 heterocycles. The summed E-state index contributed by atoms with van der Waals surface area (Å²) in [6.07, 6.45) is -2.67. The third kappa shape index (κ3) is 7.05. The number of amides is 2. The van der Waals surface area contributed by atoms with Crippen LogP contribution >= 0.6 is 0 Å². The van der Waals surface area contributed by atoms with E-state index in [1.54, 1.807) is 0 Å². The number of aromatic nitrogens is 2. The van der Waals surface area contributed by atoms with Crippen LogP contribution < -0.4 is 15.4 Å². The zero-order valence-corrected chi connectivity index (χ0v) is 15.9. The summed E-state index contributed by atoms with van der Waals surface area (Å²) in [6, 6.07) is 5.77. The molecule has 0 saturated carbocycles. The Morgan fingerprint density at radius 2 is 1.97 bits per heavy atom. The molecule has 0 fully saturated rings. The van der Waals surface area contributed by atoms with Crippen LogP contribution in [0.3, 0.4) is 0 Å². The van der Waals surface area contributed by atoms with Gasteiger partial charge in [0.25, 0.3) is 5.91 Å². The molecule has 0 radical (unpaired) electrons. The minimum atomic E-state index is -4.48. The molecule has 2 N–H and O–H groups in total. The zero-order chi connectivity index (χ0) is 21.4. The van der Waals surface area contributed by atoms with Crippen molar-refractivity contribution in [1.82, 2.24) is 15.3 Å². The summed E-state index contributed by atoms with van der Waals surface area (Å²) in [4.78, 5) is 31.7. The fraction of sp³-hybridized carbons (Fsp3) is 0.368. The number of ether oxygens (including phenoxy) is 1. The highest BCUT2D eigenvalue weighted by atomic mass is 19.4. The first-order valence-electron chi connectivity index (χ1n) is 8.91. The molecule has 2 aromatic rings. The van der Waals surface area contributed by atoms with Crippen LogP contribution in [0.5, 0.6) is 5.88 Å². The van der Waals surface area contributed by atoms with E-state index in [9.17, 15) is 22.8 Å². The molecule has 0 aliphatic heterocycles. The Bertz CT molecular complexity index is 841. The van der Waals surface area contributed by atoms with Gasteiger partial charge in [-0.25, -0.2) is 9.97 Å². The minimum absolute atomic E-state index is 0.112. The van der Waals surface area contributed by atoms with Gasteiger partial charge >= 0.3 is 6.18 Å². The average Bonchev–Trinajstić information content (AvgIpc) is 2.66. The van der Waals surface area contributed by atoms with E-state index in [1.807, 2.05) is 6.92 Å². The molecule has 7 nitrogen and oxygen atoms in total. The maximum atomic E-state index is 12.5. The smallest absolute Gasteiger partial charge is 0.425 e. The molecule has 0 saturated heterocycles. The van der Waals surface area contributed by atoms with Crippen LogP contribution in [-0.4, -0.2) is 34.1 Å². The lowest BCUT2D eigenvalue weighted by Crippen LogP contribution is -2.31. The Labute approximate surface area is 165 Å². The van der Waals surface area contributed by atoms with Gasteiger partial charge < -0.3 is 15.4 Å². The van der Waals surface area contributed by atoms with E-state index in [0.29, 0.717) is 24.0 Å². The number of alkyl halides is 3. The number of rotatable bonds is 8. The molecular weight excluding hydrogens is 389 g/mol. The predicted molar refractivity (Wildman–Crippen MR) is 99.3 cm³/mol. The lowest BCUT2D eigenvalue weighted by molar-refractivity contribution is -0.189. The van der Waals surface area contributed by atoms with E-state index in [0.717, 1.165) is 6.92 Å². The maximum Gasteiger partial charge on any atom is 0.425 e. The van der Waals surface area contributed by atoms with Crippen molar-refractivity contribution >= 4 is 17.6 Å². The highest BCUT2D eigenvalue weighted by Gasteiger charge is 2.38. The quantitative estimate of drug-likeness (QED) is 0.695. The summed E-state index contributed by atoms with van der Waals surface area (Å²) < 4.78 is 42.2.